The zero-order valence-electron chi connectivity index (χ0n) is 15.5. The molecule has 0 aromatic heterocycles. The number of amides is 2. The average molecular weight is 369 g/mol. The van der Waals surface area contributed by atoms with Crippen molar-refractivity contribution in [2.75, 3.05) is 36.4 Å². The zero-order valence-corrected chi connectivity index (χ0v) is 15.5. The van der Waals surface area contributed by atoms with Crippen LogP contribution in [-0.2, 0) is 16.0 Å². The minimum absolute atomic E-state index is 0.185. The largest absolute Gasteiger partial charge is 0.366 e. The maximum atomic E-state index is 13.9. The van der Waals surface area contributed by atoms with Gasteiger partial charge in [-0.2, -0.15) is 0 Å². The molecule has 6 heteroatoms. The van der Waals surface area contributed by atoms with Crippen LogP contribution >= 0.6 is 0 Å². The van der Waals surface area contributed by atoms with Gasteiger partial charge in [-0.1, -0.05) is 31.2 Å². The lowest BCUT2D eigenvalue weighted by molar-refractivity contribution is -0.134. The Kier molecular flexibility index (Phi) is 6.06. The standard InChI is InChI=1S/C21H24FN3O2/c1-2-16-7-9-17(10-8-16)23-20(26)15-21(27)25-13-11-24(12-14-25)19-6-4-3-5-18(19)22/h3-10H,2,11-15H2,1H3,(H,23,26). The molecule has 2 amide bonds. The summed E-state index contributed by atoms with van der Waals surface area (Å²) in [5.74, 6) is -0.780. The Morgan fingerprint density at radius 2 is 1.67 bits per heavy atom. The van der Waals surface area contributed by atoms with Gasteiger partial charge in [0.25, 0.3) is 0 Å². The van der Waals surface area contributed by atoms with Crippen molar-refractivity contribution >= 4 is 23.2 Å². The molecule has 27 heavy (non-hydrogen) atoms. The van der Waals surface area contributed by atoms with E-state index >= 15 is 0 Å². The van der Waals surface area contributed by atoms with Crippen LogP contribution in [0.15, 0.2) is 48.5 Å². The van der Waals surface area contributed by atoms with Crippen molar-refractivity contribution in [1.82, 2.24) is 4.90 Å². The molecule has 5 nitrogen and oxygen atoms in total. The van der Waals surface area contributed by atoms with Crippen molar-refractivity contribution in [2.24, 2.45) is 0 Å². The summed E-state index contributed by atoms with van der Waals surface area (Å²) in [6, 6.07) is 14.2. The second kappa shape index (κ2) is 8.66. The number of aryl methyl sites for hydroxylation is 1. The minimum Gasteiger partial charge on any atom is -0.366 e. The van der Waals surface area contributed by atoms with E-state index in [9.17, 15) is 14.0 Å². The fourth-order valence-corrected chi connectivity index (χ4v) is 3.18. The number of hydrogen-bond donors (Lipinski definition) is 1. The van der Waals surface area contributed by atoms with Gasteiger partial charge in [0.05, 0.1) is 5.69 Å². The monoisotopic (exact) mass is 369 g/mol. The number of piperazine rings is 1. The Balaban J connectivity index is 1.49. The van der Waals surface area contributed by atoms with Crippen LogP contribution in [0, 0.1) is 5.82 Å². The van der Waals surface area contributed by atoms with Crippen molar-refractivity contribution in [3.8, 4) is 0 Å². The Labute approximate surface area is 158 Å². The molecule has 0 spiro atoms. The van der Waals surface area contributed by atoms with Gasteiger partial charge in [0.15, 0.2) is 0 Å². The van der Waals surface area contributed by atoms with E-state index in [1.54, 1.807) is 23.1 Å². The molecule has 0 aliphatic carbocycles. The minimum atomic E-state index is -0.319. The molecule has 2 aromatic rings. The summed E-state index contributed by atoms with van der Waals surface area (Å²) in [7, 11) is 0. The highest BCUT2D eigenvalue weighted by atomic mass is 19.1. The van der Waals surface area contributed by atoms with Gasteiger partial charge in [0.2, 0.25) is 11.8 Å². The van der Waals surface area contributed by atoms with Crippen molar-refractivity contribution in [1.29, 1.82) is 0 Å². The van der Waals surface area contributed by atoms with E-state index in [4.69, 9.17) is 0 Å². The molecule has 0 saturated carbocycles. The first-order chi connectivity index (χ1) is 13.1. The highest BCUT2D eigenvalue weighted by Crippen LogP contribution is 2.20. The Morgan fingerprint density at radius 3 is 2.30 bits per heavy atom. The second-order valence-electron chi connectivity index (χ2n) is 6.59. The van der Waals surface area contributed by atoms with Gasteiger partial charge in [0.1, 0.15) is 12.2 Å². The third kappa shape index (κ3) is 4.84. The molecule has 1 fully saturated rings. The lowest BCUT2D eigenvalue weighted by atomic mass is 10.1. The van der Waals surface area contributed by atoms with E-state index in [2.05, 4.69) is 12.2 Å². The first-order valence-corrected chi connectivity index (χ1v) is 9.23. The second-order valence-corrected chi connectivity index (χ2v) is 6.59. The molecule has 1 saturated heterocycles. The molecular weight excluding hydrogens is 345 g/mol. The summed E-state index contributed by atoms with van der Waals surface area (Å²) in [6.45, 7) is 4.12. The van der Waals surface area contributed by atoms with Crippen molar-refractivity contribution < 1.29 is 14.0 Å². The Hall–Kier alpha value is -2.89. The van der Waals surface area contributed by atoms with Gasteiger partial charge >= 0.3 is 0 Å². The summed E-state index contributed by atoms with van der Waals surface area (Å²) in [5.41, 5.74) is 2.43. The van der Waals surface area contributed by atoms with Crippen LogP contribution in [0.2, 0.25) is 0 Å². The van der Waals surface area contributed by atoms with Gasteiger partial charge in [-0.25, -0.2) is 4.39 Å². The van der Waals surface area contributed by atoms with Crippen LogP contribution in [0.4, 0.5) is 15.8 Å². The van der Waals surface area contributed by atoms with Crippen molar-refractivity contribution in [3.63, 3.8) is 0 Å². The van der Waals surface area contributed by atoms with Gasteiger partial charge in [-0.05, 0) is 36.2 Å². The van der Waals surface area contributed by atoms with Crippen LogP contribution in [0.25, 0.3) is 0 Å². The summed E-state index contributed by atoms with van der Waals surface area (Å²) < 4.78 is 13.9. The Morgan fingerprint density at radius 1 is 1.00 bits per heavy atom. The van der Waals surface area contributed by atoms with Gasteiger partial charge in [-0.15, -0.1) is 0 Å². The highest BCUT2D eigenvalue weighted by molar-refractivity contribution is 6.03. The lowest BCUT2D eigenvalue weighted by Crippen LogP contribution is -2.49. The molecule has 1 aliphatic heterocycles. The first-order valence-electron chi connectivity index (χ1n) is 9.23. The van der Waals surface area contributed by atoms with Crippen molar-refractivity contribution in [3.05, 3.63) is 59.9 Å². The number of para-hydroxylation sites is 1. The van der Waals surface area contributed by atoms with Crippen LogP contribution in [0.5, 0.6) is 0 Å². The van der Waals surface area contributed by atoms with Gasteiger partial charge < -0.3 is 15.1 Å². The van der Waals surface area contributed by atoms with Gasteiger partial charge in [-0.3, -0.25) is 9.59 Å². The highest BCUT2D eigenvalue weighted by Gasteiger charge is 2.24. The normalized spacial score (nSPS) is 14.1. The molecule has 2 aromatic carbocycles. The maximum absolute atomic E-state index is 13.9. The summed E-state index contributed by atoms with van der Waals surface area (Å²) in [6.07, 6.45) is 0.751. The summed E-state index contributed by atoms with van der Waals surface area (Å²) in [5, 5.41) is 2.76. The third-order valence-electron chi connectivity index (χ3n) is 4.78. The molecule has 0 unspecified atom stereocenters. The first kappa shape index (κ1) is 18.9. The van der Waals surface area contributed by atoms with Gasteiger partial charge in [0, 0.05) is 31.9 Å². The predicted molar refractivity (Wildman–Crippen MR) is 104 cm³/mol. The molecule has 0 radical (unpaired) electrons. The number of carbonyl (C=O) groups is 2. The molecule has 0 bridgehead atoms. The number of hydrogen-bond acceptors (Lipinski definition) is 3. The fraction of sp³-hybridized carbons (Fsp3) is 0.333. The van der Waals surface area contributed by atoms with Crippen molar-refractivity contribution in [2.45, 2.75) is 19.8 Å². The number of anilines is 2. The third-order valence-corrected chi connectivity index (χ3v) is 4.78. The molecule has 3 rings (SSSR count). The van der Waals surface area contributed by atoms with Crippen LogP contribution < -0.4 is 10.2 Å². The lowest BCUT2D eigenvalue weighted by Gasteiger charge is -2.36. The molecule has 1 heterocycles. The number of rotatable bonds is 5. The van der Waals surface area contributed by atoms with Crippen LogP contribution in [0.1, 0.15) is 18.9 Å². The van der Waals surface area contributed by atoms with Crippen LogP contribution in [-0.4, -0.2) is 42.9 Å². The topological polar surface area (TPSA) is 52.7 Å². The zero-order chi connectivity index (χ0) is 19.2. The van der Waals surface area contributed by atoms with E-state index in [-0.39, 0.29) is 24.1 Å². The van der Waals surface area contributed by atoms with E-state index in [0.717, 1.165) is 6.42 Å². The molecule has 0 atom stereocenters. The summed E-state index contributed by atoms with van der Waals surface area (Å²) in [4.78, 5) is 28.1. The quantitative estimate of drug-likeness (QED) is 0.824. The van der Waals surface area contributed by atoms with E-state index in [0.29, 0.717) is 37.6 Å². The average Bonchev–Trinajstić information content (AvgIpc) is 2.69. The smallest absolute Gasteiger partial charge is 0.233 e. The molecule has 142 valence electrons. The SMILES string of the molecule is CCc1ccc(NC(=O)CC(=O)N2CCN(c3ccccc3F)CC2)cc1. The number of carbonyl (C=O) groups excluding carboxylic acids is 2. The molecular formula is C21H24FN3O2. The van der Waals surface area contributed by atoms with E-state index < -0.39 is 0 Å². The number of nitrogens with zero attached hydrogens (tertiary/aromatic N) is 2. The fourth-order valence-electron chi connectivity index (χ4n) is 3.18. The van der Waals surface area contributed by atoms with E-state index in [1.165, 1.54) is 11.6 Å². The molecule has 1 aliphatic rings. The number of benzene rings is 2. The predicted octanol–water partition coefficient (Wildman–Crippen LogP) is 3.07. The molecule has 1 N–H and O–H groups in total. The summed E-state index contributed by atoms with van der Waals surface area (Å²) >= 11 is 0. The van der Waals surface area contributed by atoms with Crippen LogP contribution in [0.3, 0.4) is 0 Å². The van der Waals surface area contributed by atoms with E-state index in [1.807, 2.05) is 29.2 Å². The Bertz CT molecular complexity index is 799. The number of nitrogens with one attached hydrogen (secondary N) is 1. The maximum Gasteiger partial charge on any atom is 0.233 e. The number of halogens is 1.